The molecule has 0 saturated heterocycles. The van der Waals surface area contributed by atoms with Crippen molar-refractivity contribution in [2.75, 3.05) is 11.9 Å². The van der Waals surface area contributed by atoms with Crippen LogP contribution >= 0.6 is 0 Å². The number of benzene rings is 1. The summed E-state index contributed by atoms with van der Waals surface area (Å²) < 4.78 is 1.93. The number of amides is 1. The fraction of sp³-hybridized carbons (Fsp3) is 0.167. The standard InChI is InChI=1S/C18H19N5O/c1-2-10-20-18(24)16-4-3-5-17(22-16)21-14-6-8-15(9-7-14)23-12-11-19-13-23/h3-9,11-13H,2,10H2,1H3,(H,20,24)(H,21,22). The fourth-order valence-corrected chi connectivity index (χ4v) is 2.24. The van der Waals surface area contributed by atoms with E-state index in [4.69, 9.17) is 0 Å². The van der Waals surface area contributed by atoms with Crippen LogP contribution in [0.25, 0.3) is 5.69 Å². The Bertz CT molecular complexity index is 797. The number of carbonyl (C=O) groups excluding carboxylic acids is 1. The minimum Gasteiger partial charge on any atom is -0.351 e. The van der Waals surface area contributed by atoms with Gasteiger partial charge in [0.15, 0.2) is 0 Å². The third-order valence-corrected chi connectivity index (χ3v) is 3.46. The van der Waals surface area contributed by atoms with Gasteiger partial charge in [0.2, 0.25) is 0 Å². The van der Waals surface area contributed by atoms with E-state index in [1.54, 1.807) is 18.6 Å². The number of nitrogens with one attached hydrogen (secondary N) is 2. The molecule has 0 saturated carbocycles. The predicted molar refractivity (Wildman–Crippen MR) is 93.7 cm³/mol. The summed E-state index contributed by atoms with van der Waals surface area (Å²) in [6, 6.07) is 13.3. The number of anilines is 2. The van der Waals surface area contributed by atoms with E-state index < -0.39 is 0 Å². The first-order chi connectivity index (χ1) is 11.8. The van der Waals surface area contributed by atoms with Crippen molar-refractivity contribution in [2.24, 2.45) is 0 Å². The molecule has 3 rings (SSSR count). The van der Waals surface area contributed by atoms with Crippen molar-refractivity contribution in [3.05, 3.63) is 66.9 Å². The van der Waals surface area contributed by atoms with Crippen LogP contribution < -0.4 is 10.6 Å². The largest absolute Gasteiger partial charge is 0.351 e. The molecule has 6 heteroatoms. The predicted octanol–water partition coefficient (Wildman–Crippen LogP) is 3.15. The van der Waals surface area contributed by atoms with Gasteiger partial charge in [-0.2, -0.15) is 0 Å². The average Bonchev–Trinajstić information content (AvgIpc) is 3.15. The van der Waals surface area contributed by atoms with E-state index in [2.05, 4.69) is 20.6 Å². The number of pyridine rings is 1. The van der Waals surface area contributed by atoms with Gasteiger partial charge < -0.3 is 15.2 Å². The Morgan fingerprint density at radius 2 is 2.00 bits per heavy atom. The highest BCUT2D eigenvalue weighted by molar-refractivity contribution is 5.92. The van der Waals surface area contributed by atoms with Gasteiger partial charge in [-0.05, 0) is 42.8 Å². The van der Waals surface area contributed by atoms with Gasteiger partial charge in [-0.1, -0.05) is 13.0 Å². The normalized spacial score (nSPS) is 10.4. The molecule has 0 bridgehead atoms. The lowest BCUT2D eigenvalue weighted by Gasteiger charge is -2.09. The van der Waals surface area contributed by atoms with Crippen LogP contribution in [0, 0.1) is 0 Å². The molecule has 1 aromatic carbocycles. The topological polar surface area (TPSA) is 71.8 Å². The first-order valence-corrected chi connectivity index (χ1v) is 7.87. The van der Waals surface area contributed by atoms with E-state index >= 15 is 0 Å². The van der Waals surface area contributed by atoms with Gasteiger partial charge in [-0.25, -0.2) is 9.97 Å². The van der Waals surface area contributed by atoms with Gasteiger partial charge in [0, 0.05) is 30.3 Å². The van der Waals surface area contributed by atoms with Crippen LogP contribution in [0.3, 0.4) is 0 Å². The molecule has 0 aliphatic rings. The van der Waals surface area contributed by atoms with Crippen molar-refractivity contribution in [2.45, 2.75) is 13.3 Å². The van der Waals surface area contributed by atoms with Gasteiger partial charge in [0.05, 0.1) is 6.33 Å². The Kier molecular flexibility index (Phi) is 4.86. The van der Waals surface area contributed by atoms with Crippen LogP contribution in [-0.4, -0.2) is 27.0 Å². The Hall–Kier alpha value is -3.15. The highest BCUT2D eigenvalue weighted by Crippen LogP contribution is 2.17. The van der Waals surface area contributed by atoms with Crippen molar-refractivity contribution in [1.29, 1.82) is 0 Å². The summed E-state index contributed by atoms with van der Waals surface area (Å²) in [5.74, 6) is 0.477. The van der Waals surface area contributed by atoms with Crippen molar-refractivity contribution in [3.8, 4) is 5.69 Å². The van der Waals surface area contributed by atoms with Crippen molar-refractivity contribution >= 4 is 17.4 Å². The molecule has 0 aliphatic heterocycles. The second kappa shape index (κ2) is 7.41. The third kappa shape index (κ3) is 3.78. The molecular weight excluding hydrogens is 302 g/mol. The molecule has 1 amide bonds. The molecule has 24 heavy (non-hydrogen) atoms. The summed E-state index contributed by atoms with van der Waals surface area (Å²) >= 11 is 0. The molecular formula is C18H19N5O. The zero-order valence-electron chi connectivity index (χ0n) is 13.4. The summed E-state index contributed by atoms with van der Waals surface area (Å²) in [5, 5.41) is 6.04. The second-order valence-electron chi connectivity index (χ2n) is 5.31. The highest BCUT2D eigenvalue weighted by atomic mass is 16.1. The Labute approximate surface area is 140 Å². The van der Waals surface area contributed by atoms with Crippen LogP contribution in [0.5, 0.6) is 0 Å². The lowest BCUT2D eigenvalue weighted by atomic mass is 10.2. The Morgan fingerprint density at radius 3 is 2.71 bits per heavy atom. The van der Waals surface area contributed by atoms with Crippen LogP contribution in [0.1, 0.15) is 23.8 Å². The first-order valence-electron chi connectivity index (χ1n) is 7.87. The molecule has 0 spiro atoms. The van der Waals surface area contributed by atoms with Crippen LogP contribution in [0.15, 0.2) is 61.2 Å². The molecule has 6 nitrogen and oxygen atoms in total. The Morgan fingerprint density at radius 1 is 1.17 bits per heavy atom. The van der Waals surface area contributed by atoms with E-state index in [1.807, 2.05) is 54.1 Å². The minimum atomic E-state index is -0.157. The maximum absolute atomic E-state index is 12.0. The SMILES string of the molecule is CCCNC(=O)c1cccc(Nc2ccc(-n3ccnc3)cc2)n1. The monoisotopic (exact) mass is 321 g/mol. The molecule has 0 aliphatic carbocycles. The van der Waals surface area contributed by atoms with Gasteiger partial charge in [0.25, 0.3) is 5.91 Å². The number of hydrogen-bond donors (Lipinski definition) is 2. The van der Waals surface area contributed by atoms with Gasteiger partial charge in [0.1, 0.15) is 11.5 Å². The molecule has 0 unspecified atom stereocenters. The summed E-state index contributed by atoms with van der Waals surface area (Å²) in [4.78, 5) is 20.4. The highest BCUT2D eigenvalue weighted by Gasteiger charge is 2.07. The zero-order chi connectivity index (χ0) is 16.8. The maximum Gasteiger partial charge on any atom is 0.269 e. The lowest BCUT2D eigenvalue weighted by Crippen LogP contribution is -2.25. The summed E-state index contributed by atoms with van der Waals surface area (Å²) in [6.45, 7) is 2.66. The van der Waals surface area contributed by atoms with Gasteiger partial charge in [-0.15, -0.1) is 0 Å². The number of nitrogens with zero attached hydrogens (tertiary/aromatic N) is 3. The van der Waals surface area contributed by atoms with Crippen LogP contribution in [-0.2, 0) is 0 Å². The van der Waals surface area contributed by atoms with E-state index in [1.165, 1.54) is 0 Å². The molecule has 2 aromatic heterocycles. The molecule has 0 fully saturated rings. The quantitative estimate of drug-likeness (QED) is 0.731. The van der Waals surface area contributed by atoms with Crippen LogP contribution in [0.4, 0.5) is 11.5 Å². The number of rotatable bonds is 6. The first kappa shape index (κ1) is 15.7. The molecule has 2 heterocycles. The van der Waals surface area contributed by atoms with E-state index in [0.29, 0.717) is 18.1 Å². The Balaban J connectivity index is 1.70. The van der Waals surface area contributed by atoms with Gasteiger partial charge >= 0.3 is 0 Å². The average molecular weight is 321 g/mol. The smallest absolute Gasteiger partial charge is 0.269 e. The zero-order valence-corrected chi connectivity index (χ0v) is 13.4. The minimum absolute atomic E-state index is 0.157. The van der Waals surface area contributed by atoms with Crippen molar-refractivity contribution in [3.63, 3.8) is 0 Å². The third-order valence-electron chi connectivity index (χ3n) is 3.46. The molecule has 3 aromatic rings. The maximum atomic E-state index is 12.0. The molecule has 122 valence electrons. The molecule has 0 radical (unpaired) electrons. The summed E-state index contributed by atoms with van der Waals surface area (Å²) in [5.41, 5.74) is 2.33. The summed E-state index contributed by atoms with van der Waals surface area (Å²) in [7, 11) is 0. The lowest BCUT2D eigenvalue weighted by molar-refractivity contribution is 0.0949. The van der Waals surface area contributed by atoms with Crippen molar-refractivity contribution < 1.29 is 4.79 Å². The van der Waals surface area contributed by atoms with E-state index in [-0.39, 0.29) is 5.91 Å². The second-order valence-corrected chi connectivity index (χ2v) is 5.31. The van der Waals surface area contributed by atoms with Crippen molar-refractivity contribution in [1.82, 2.24) is 19.9 Å². The van der Waals surface area contributed by atoms with Crippen LogP contribution in [0.2, 0.25) is 0 Å². The fourth-order valence-electron chi connectivity index (χ4n) is 2.24. The number of hydrogen-bond acceptors (Lipinski definition) is 4. The molecule has 0 atom stereocenters. The molecule has 2 N–H and O–H groups in total. The number of imidazole rings is 1. The summed E-state index contributed by atoms with van der Waals surface area (Å²) in [6.07, 6.45) is 6.28. The van der Waals surface area contributed by atoms with Gasteiger partial charge in [-0.3, -0.25) is 4.79 Å². The van der Waals surface area contributed by atoms with E-state index in [0.717, 1.165) is 17.8 Å². The van der Waals surface area contributed by atoms with E-state index in [9.17, 15) is 4.79 Å². The number of aromatic nitrogens is 3. The number of carbonyl (C=O) groups is 1.